The van der Waals surface area contributed by atoms with Crippen LogP contribution in [0.2, 0.25) is 5.02 Å². The normalized spacial score (nSPS) is 14.4. The molecule has 0 radical (unpaired) electrons. The Hall–Kier alpha value is -2.08. The van der Waals surface area contributed by atoms with Gasteiger partial charge in [-0.15, -0.1) is 0 Å². The molecule has 0 spiro atoms. The lowest BCUT2D eigenvalue weighted by Gasteiger charge is -2.25. The van der Waals surface area contributed by atoms with Crippen LogP contribution in [0.3, 0.4) is 0 Å². The van der Waals surface area contributed by atoms with Crippen molar-refractivity contribution < 1.29 is 14.4 Å². The van der Waals surface area contributed by atoms with Crippen molar-refractivity contribution in [2.24, 2.45) is 5.92 Å². The van der Waals surface area contributed by atoms with Gasteiger partial charge in [-0.2, -0.15) is 0 Å². The van der Waals surface area contributed by atoms with Gasteiger partial charge in [-0.1, -0.05) is 31.5 Å². The fourth-order valence-electron chi connectivity index (χ4n) is 2.79. The molecule has 1 fully saturated rings. The molecule has 1 aromatic rings. The SMILES string of the molecule is CCN(CC(=O)N1CC(=O)N(c2cccc(Cl)c2C)C1)C(=O)C(C)C. The van der Waals surface area contributed by atoms with E-state index in [-0.39, 0.29) is 43.4 Å². The summed E-state index contributed by atoms with van der Waals surface area (Å²) in [7, 11) is 0. The van der Waals surface area contributed by atoms with Gasteiger partial charge < -0.3 is 9.80 Å². The summed E-state index contributed by atoms with van der Waals surface area (Å²) in [6, 6.07) is 5.36. The van der Waals surface area contributed by atoms with Gasteiger partial charge >= 0.3 is 0 Å². The average molecular weight is 366 g/mol. The van der Waals surface area contributed by atoms with Crippen molar-refractivity contribution in [2.45, 2.75) is 27.7 Å². The van der Waals surface area contributed by atoms with Crippen LogP contribution in [-0.4, -0.2) is 53.8 Å². The van der Waals surface area contributed by atoms with E-state index in [4.69, 9.17) is 11.6 Å². The summed E-state index contributed by atoms with van der Waals surface area (Å²) in [5, 5.41) is 0.578. The summed E-state index contributed by atoms with van der Waals surface area (Å²) >= 11 is 6.13. The molecular weight excluding hydrogens is 342 g/mol. The maximum atomic E-state index is 12.5. The third kappa shape index (κ3) is 4.12. The number of rotatable bonds is 5. The molecule has 2 rings (SSSR count). The Morgan fingerprint density at radius 1 is 1.32 bits per heavy atom. The molecule has 6 nitrogen and oxygen atoms in total. The molecule has 1 aliphatic rings. The molecule has 1 aromatic carbocycles. The zero-order chi connectivity index (χ0) is 18.7. The van der Waals surface area contributed by atoms with E-state index in [9.17, 15) is 14.4 Å². The van der Waals surface area contributed by atoms with Crippen LogP contribution in [-0.2, 0) is 14.4 Å². The molecule has 7 heteroatoms. The first kappa shape index (κ1) is 19.2. The highest BCUT2D eigenvalue weighted by molar-refractivity contribution is 6.31. The molecule has 0 aliphatic carbocycles. The predicted octanol–water partition coefficient (Wildman–Crippen LogP) is 2.29. The van der Waals surface area contributed by atoms with Crippen LogP contribution in [0.4, 0.5) is 5.69 Å². The maximum Gasteiger partial charge on any atom is 0.248 e. The van der Waals surface area contributed by atoms with Gasteiger partial charge in [0.25, 0.3) is 0 Å². The van der Waals surface area contributed by atoms with Gasteiger partial charge in [0.1, 0.15) is 13.2 Å². The lowest BCUT2D eigenvalue weighted by Crippen LogP contribution is -2.44. The highest BCUT2D eigenvalue weighted by Gasteiger charge is 2.33. The average Bonchev–Trinajstić information content (AvgIpc) is 2.96. The van der Waals surface area contributed by atoms with Crippen molar-refractivity contribution in [2.75, 3.05) is 31.2 Å². The number of hydrogen-bond acceptors (Lipinski definition) is 3. The lowest BCUT2D eigenvalue weighted by molar-refractivity contribution is -0.141. The van der Waals surface area contributed by atoms with Crippen LogP contribution in [0.1, 0.15) is 26.3 Å². The number of anilines is 1. The van der Waals surface area contributed by atoms with Crippen LogP contribution in [0.5, 0.6) is 0 Å². The fourth-order valence-corrected chi connectivity index (χ4v) is 2.96. The van der Waals surface area contributed by atoms with Crippen molar-refractivity contribution in [1.29, 1.82) is 0 Å². The van der Waals surface area contributed by atoms with E-state index >= 15 is 0 Å². The number of amides is 3. The van der Waals surface area contributed by atoms with Gasteiger partial charge in [0, 0.05) is 23.2 Å². The predicted molar refractivity (Wildman–Crippen MR) is 97.3 cm³/mol. The van der Waals surface area contributed by atoms with Crippen molar-refractivity contribution in [3.05, 3.63) is 28.8 Å². The van der Waals surface area contributed by atoms with E-state index < -0.39 is 0 Å². The summed E-state index contributed by atoms with van der Waals surface area (Å²) < 4.78 is 0. The molecule has 0 saturated carbocycles. The quantitative estimate of drug-likeness (QED) is 0.804. The summed E-state index contributed by atoms with van der Waals surface area (Å²) in [4.78, 5) is 41.6. The minimum Gasteiger partial charge on any atom is -0.333 e. The second-order valence-electron chi connectivity index (χ2n) is 6.45. The molecule has 3 amide bonds. The third-order valence-electron chi connectivity index (χ3n) is 4.34. The van der Waals surface area contributed by atoms with Crippen molar-refractivity contribution in [1.82, 2.24) is 9.80 Å². The molecule has 1 aliphatic heterocycles. The molecular formula is C18H24ClN3O3. The molecule has 0 bridgehead atoms. The maximum absolute atomic E-state index is 12.5. The van der Waals surface area contributed by atoms with Gasteiger partial charge in [-0.25, -0.2) is 0 Å². The molecule has 0 aromatic heterocycles. The van der Waals surface area contributed by atoms with E-state index in [1.807, 2.05) is 19.9 Å². The summed E-state index contributed by atoms with van der Waals surface area (Å²) in [6.07, 6.45) is 0. The van der Waals surface area contributed by atoms with Gasteiger partial charge in [-0.05, 0) is 31.5 Å². The minimum atomic E-state index is -0.230. The van der Waals surface area contributed by atoms with E-state index in [2.05, 4.69) is 0 Å². The summed E-state index contributed by atoms with van der Waals surface area (Å²) in [6.45, 7) is 7.92. The van der Waals surface area contributed by atoms with Gasteiger partial charge in [-0.3, -0.25) is 19.3 Å². The first-order valence-electron chi connectivity index (χ1n) is 8.38. The Bertz CT molecular complexity index is 690. The second-order valence-corrected chi connectivity index (χ2v) is 6.85. The van der Waals surface area contributed by atoms with Crippen LogP contribution in [0.25, 0.3) is 0 Å². The molecule has 1 saturated heterocycles. The van der Waals surface area contributed by atoms with E-state index in [0.717, 1.165) is 5.56 Å². The zero-order valence-electron chi connectivity index (χ0n) is 15.1. The standard InChI is InChI=1S/C18H24ClN3O3/c1-5-20(18(25)12(2)3)9-16(23)21-10-17(24)22(11-21)15-8-6-7-14(19)13(15)4/h6-8,12H,5,9-11H2,1-4H3. The fraction of sp³-hybridized carbons (Fsp3) is 0.500. The van der Waals surface area contributed by atoms with Gasteiger partial charge in [0.05, 0.1) is 6.54 Å². The summed E-state index contributed by atoms with van der Waals surface area (Å²) in [5.74, 6) is -0.620. The smallest absolute Gasteiger partial charge is 0.248 e. The van der Waals surface area contributed by atoms with Crippen LogP contribution in [0.15, 0.2) is 18.2 Å². The molecule has 0 unspecified atom stereocenters. The molecule has 136 valence electrons. The van der Waals surface area contributed by atoms with Crippen molar-refractivity contribution in [3.8, 4) is 0 Å². The number of hydrogen-bond donors (Lipinski definition) is 0. The van der Waals surface area contributed by atoms with E-state index in [0.29, 0.717) is 17.3 Å². The molecule has 0 N–H and O–H groups in total. The Morgan fingerprint density at radius 2 is 2.00 bits per heavy atom. The number of nitrogens with zero attached hydrogens (tertiary/aromatic N) is 3. The second kappa shape index (κ2) is 7.87. The molecule has 1 heterocycles. The Balaban J connectivity index is 2.10. The minimum absolute atomic E-state index is 0.0108. The molecule has 0 atom stereocenters. The highest BCUT2D eigenvalue weighted by Crippen LogP contribution is 2.28. The zero-order valence-corrected chi connectivity index (χ0v) is 15.8. The number of carbonyl (C=O) groups is 3. The first-order valence-corrected chi connectivity index (χ1v) is 8.76. The number of likely N-dealkylation sites (N-methyl/N-ethyl adjacent to an activating group) is 1. The monoisotopic (exact) mass is 365 g/mol. The van der Waals surface area contributed by atoms with Crippen molar-refractivity contribution in [3.63, 3.8) is 0 Å². The Kier molecular flexibility index (Phi) is 6.06. The first-order chi connectivity index (χ1) is 11.8. The number of carbonyl (C=O) groups excluding carboxylic acids is 3. The summed E-state index contributed by atoms with van der Waals surface area (Å²) in [5.41, 5.74) is 1.51. The Labute approximate surface area is 153 Å². The van der Waals surface area contributed by atoms with Crippen molar-refractivity contribution >= 4 is 35.0 Å². The Morgan fingerprint density at radius 3 is 2.60 bits per heavy atom. The van der Waals surface area contributed by atoms with Crippen LogP contribution >= 0.6 is 11.6 Å². The molecule has 25 heavy (non-hydrogen) atoms. The van der Waals surface area contributed by atoms with Crippen LogP contribution in [0, 0.1) is 12.8 Å². The number of halogens is 1. The lowest BCUT2D eigenvalue weighted by atomic mass is 10.2. The third-order valence-corrected chi connectivity index (χ3v) is 4.74. The van der Waals surface area contributed by atoms with E-state index in [1.54, 1.807) is 30.9 Å². The highest BCUT2D eigenvalue weighted by atomic mass is 35.5. The van der Waals surface area contributed by atoms with Gasteiger partial charge in [0.2, 0.25) is 17.7 Å². The van der Waals surface area contributed by atoms with E-state index in [1.165, 1.54) is 9.80 Å². The van der Waals surface area contributed by atoms with Crippen LogP contribution < -0.4 is 4.90 Å². The van der Waals surface area contributed by atoms with Gasteiger partial charge in [0.15, 0.2) is 0 Å². The number of benzene rings is 1. The topological polar surface area (TPSA) is 60.9 Å². The largest absolute Gasteiger partial charge is 0.333 e.